The number of furan rings is 1. The van der Waals surface area contributed by atoms with Crippen LogP contribution in [0.15, 0.2) is 47.1 Å². The molecule has 1 heterocycles. The first-order valence-electron chi connectivity index (χ1n) is 5.82. The summed E-state index contributed by atoms with van der Waals surface area (Å²) in [5, 5.41) is 9.00. The van der Waals surface area contributed by atoms with E-state index in [1.54, 1.807) is 30.4 Å². The lowest BCUT2D eigenvalue weighted by atomic mass is 10.2. The minimum Gasteiger partial charge on any atom is -0.497 e. The Kier molecular flexibility index (Phi) is 4.07. The zero-order chi connectivity index (χ0) is 13.7. The molecule has 1 aromatic heterocycles. The number of carboxylic acids is 1. The number of carboxylic acid groups (broad SMARTS) is 1. The molecule has 5 nitrogen and oxygen atoms in total. The molecule has 1 aromatic carbocycles. The predicted octanol–water partition coefficient (Wildman–Crippen LogP) is 2.38. The predicted molar refractivity (Wildman–Crippen MR) is 70.4 cm³/mol. The highest BCUT2D eigenvalue weighted by atomic mass is 16.5. The Morgan fingerprint density at radius 2 is 2.21 bits per heavy atom. The van der Waals surface area contributed by atoms with Crippen LogP contribution in [-0.2, 0) is 11.3 Å². The number of anilines is 1. The van der Waals surface area contributed by atoms with Crippen molar-refractivity contribution >= 4 is 11.7 Å². The Labute approximate surface area is 111 Å². The van der Waals surface area contributed by atoms with Crippen LogP contribution >= 0.6 is 0 Å². The van der Waals surface area contributed by atoms with Crippen LogP contribution in [0, 0.1) is 0 Å². The van der Waals surface area contributed by atoms with Gasteiger partial charge >= 0.3 is 5.97 Å². The summed E-state index contributed by atoms with van der Waals surface area (Å²) in [7, 11) is 1.58. The maximum absolute atomic E-state index is 11.0. The molecular weight excluding hydrogens is 246 g/mol. The third kappa shape index (κ3) is 3.51. The van der Waals surface area contributed by atoms with E-state index in [-0.39, 0.29) is 6.54 Å². The van der Waals surface area contributed by atoms with Gasteiger partial charge in [-0.2, -0.15) is 0 Å². The fourth-order valence-corrected chi connectivity index (χ4v) is 1.80. The SMILES string of the molecule is COc1cccc(N(CC(=O)O)Cc2ccco2)c1. The Hall–Kier alpha value is -2.43. The van der Waals surface area contributed by atoms with Crippen LogP contribution in [0.5, 0.6) is 5.75 Å². The number of rotatable bonds is 6. The molecule has 0 saturated heterocycles. The second-order valence-electron chi connectivity index (χ2n) is 4.03. The van der Waals surface area contributed by atoms with Crippen LogP contribution in [0.4, 0.5) is 5.69 Å². The van der Waals surface area contributed by atoms with E-state index in [2.05, 4.69) is 0 Å². The maximum atomic E-state index is 11.0. The van der Waals surface area contributed by atoms with Crippen molar-refractivity contribution < 1.29 is 19.1 Å². The standard InChI is InChI=1S/C14H15NO4/c1-18-12-5-2-4-11(8-12)15(10-14(16)17)9-13-6-3-7-19-13/h2-8H,9-10H2,1H3,(H,16,17). The number of carbonyl (C=O) groups is 1. The van der Waals surface area contributed by atoms with Crippen molar-refractivity contribution in [2.45, 2.75) is 6.54 Å². The molecule has 19 heavy (non-hydrogen) atoms. The van der Waals surface area contributed by atoms with Gasteiger partial charge in [-0.1, -0.05) is 6.07 Å². The zero-order valence-corrected chi connectivity index (χ0v) is 10.6. The first-order chi connectivity index (χ1) is 9.19. The molecule has 5 heteroatoms. The summed E-state index contributed by atoms with van der Waals surface area (Å²) < 4.78 is 10.4. The fraction of sp³-hybridized carbons (Fsp3) is 0.214. The van der Waals surface area contributed by atoms with E-state index in [1.165, 1.54) is 0 Å². The van der Waals surface area contributed by atoms with Crippen molar-refractivity contribution in [1.29, 1.82) is 0 Å². The quantitative estimate of drug-likeness (QED) is 0.865. The van der Waals surface area contributed by atoms with Gasteiger partial charge in [0.1, 0.15) is 18.1 Å². The first kappa shape index (κ1) is 13.0. The number of ether oxygens (including phenoxy) is 1. The van der Waals surface area contributed by atoms with Crippen LogP contribution in [0.25, 0.3) is 0 Å². The number of hydrogen-bond donors (Lipinski definition) is 1. The molecule has 0 spiro atoms. The molecule has 0 bridgehead atoms. The lowest BCUT2D eigenvalue weighted by Gasteiger charge is -2.22. The van der Waals surface area contributed by atoms with Crippen molar-refractivity contribution in [2.24, 2.45) is 0 Å². The summed E-state index contributed by atoms with van der Waals surface area (Å²) in [5.41, 5.74) is 0.776. The second kappa shape index (κ2) is 5.95. The molecule has 0 aliphatic heterocycles. The maximum Gasteiger partial charge on any atom is 0.323 e. The van der Waals surface area contributed by atoms with E-state index >= 15 is 0 Å². The van der Waals surface area contributed by atoms with Crippen LogP contribution in [0.3, 0.4) is 0 Å². The van der Waals surface area contributed by atoms with E-state index in [1.807, 2.05) is 24.3 Å². The molecule has 0 atom stereocenters. The largest absolute Gasteiger partial charge is 0.497 e. The molecule has 0 aliphatic carbocycles. The van der Waals surface area contributed by atoms with Gasteiger partial charge in [0.2, 0.25) is 0 Å². The van der Waals surface area contributed by atoms with Crippen molar-refractivity contribution in [2.75, 3.05) is 18.6 Å². The number of nitrogens with zero attached hydrogens (tertiary/aromatic N) is 1. The Bertz CT molecular complexity index is 536. The normalized spacial score (nSPS) is 10.2. The number of aliphatic carboxylic acids is 1. The minimum atomic E-state index is -0.894. The topological polar surface area (TPSA) is 62.9 Å². The average molecular weight is 261 g/mol. The Morgan fingerprint density at radius 1 is 1.37 bits per heavy atom. The second-order valence-corrected chi connectivity index (χ2v) is 4.03. The molecular formula is C14H15NO4. The molecule has 0 saturated carbocycles. The first-order valence-corrected chi connectivity index (χ1v) is 5.82. The molecule has 0 fully saturated rings. The summed E-state index contributed by atoms with van der Waals surface area (Å²) in [6.07, 6.45) is 1.57. The molecule has 2 rings (SSSR count). The van der Waals surface area contributed by atoms with Gasteiger partial charge in [-0.05, 0) is 24.3 Å². The molecule has 2 aromatic rings. The number of benzene rings is 1. The van der Waals surface area contributed by atoms with Crippen LogP contribution in [0.2, 0.25) is 0 Å². The number of hydrogen-bond acceptors (Lipinski definition) is 4. The van der Waals surface area contributed by atoms with Gasteiger partial charge in [-0.15, -0.1) is 0 Å². The van der Waals surface area contributed by atoms with Crippen molar-refractivity contribution in [3.05, 3.63) is 48.4 Å². The minimum absolute atomic E-state index is 0.103. The summed E-state index contributed by atoms with van der Waals surface area (Å²) in [6, 6.07) is 10.9. The highest BCUT2D eigenvalue weighted by molar-refractivity contribution is 5.74. The summed E-state index contributed by atoms with van der Waals surface area (Å²) in [5.74, 6) is 0.505. The molecule has 0 amide bonds. The molecule has 0 aliphatic rings. The lowest BCUT2D eigenvalue weighted by Crippen LogP contribution is -2.28. The highest BCUT2D eigenvalue weighted by Gasteiger charge is 2.13. The van der Waals surface area contributed by atoms with Crippen LogP contribution in [0.1, 0.15) is 5.76 Å². The zero-order valence-electron chi connectivity index (χ0n) is 10.6. The van der Waals surface area contributed by atoms with Gasteiger partial charge in [-0.3, -0.25) is 4.79 Å². The van der Waals surface area contributed by atoms with Crippen molar-refractivity contribution in [1.82, 2.24) is 0 Å². The van der Waals surface area contributed by atoms with Crippen molar-refractivity contribution in [3.8, 4) is 5.75 Å². The Morgan fingerprint density at radius 3 is 2.84 bits per heavy atom. The lowest BCUT2D eigenvalue weighted by molar-refractivity contribution is -0.135. The van der Waals surface area contributed by atoms with Gasteiger partial charge in [0.15, 0.2) is 0 Å². The van der Waals surface area contributed by atoms with E-state index in [9.17, 15) is 4.79 Å². The van der Waals surface area contributed by atoms with E-state index in [4.69, 9.17) is 14.3 Å². The van der Waals surface area contributed by atoms with Gasteiger partial charge in [0, 0.05) is 11.8 Å². The molecule has 0 radical (unpaired) electrons. The van der Waals surface area contributed by atoms with Crippen LogP contribution in [-0.4, -0.2) is 24.7 Å². The molecule has 0 unspecified atom stereocenters. The van der Waals surface area contributed by atoms with E-state index < -0.39 is 5.97 Å². The van der Waals surface area contributed by atoms with Crippen LogP contribution < -0.4 is 9.64 Å². The van der Waals surface area contributed by atoms with E-state index in [0.717, 1.165) is 5.69 Å². The molecule has 100 valence electrons. The molecule has 1 N–H and O–H groups in total. The van der Waals surface area contributed by atoms with Gasteiger partial charge in [0.05, 0.1) is 19.9 Å². The number of methoxy groups -OCH3 is 1. The fourth-order valence-electron chi connectivity index (χ4n) is 1.80. The van der Waals surface area contributed by atoms with E-state index in [0.29, 0.717) is 18.1 Å². The average Bonchev–Trinajstić information content (AvgIpc) is 2.90. The highest BCUT2D eigenvalue weighted by Crippen LogP contribution is 2.22. The summed E-state index contributed by atoms with van der Waals surface area (Å²) in [6.45, 7) is 0.292. The monoisotopic (exact) mass is 261 g/mol. The summed E-state index contributed by atoms with van der Waals surface area (Å²) >= 11 is 0. The third-order valence-electron chi connectivity index (χ3n) is 2.67. The smallest absolute Gasteiger partial charge is 0.323 e. The van der Waals surface area contributed by atoms with Gasteiger partial charge in [0.25, 0.3) is 0 Å². The Balaban J connectivity index is 2.22. The van der Waals surface area contributed by atoms with Gasteiger partial charge < -0.3 is 19.2 Å². The van der Waals surface area contributed by atoms with Crippen molar-refractivity contribution in [3.63, 3.8) is 0 Å². The third-order valence-corrected chi connectivity index (χ3v) is 2.67. The summed E-state index contributed by atoms with van der Waals surface area (Å²) in [4.78, 5) is 12.7. The van der Waals surface area contributed by atoms with Gasteiger partial charge in [-0.25, -0.2) is 0 Å².